The quantitative estimate of drug-likeness (QED) is 0.356. The van der Waals surface area contributed by atoms with Gasteiger partial charge in [-0.1, -0.05) is 17.4 Å². The van der Waals surface area contributed by atoms with Crippen LogP contribution in [-0.4, -0.2) is 28.5 Å². The monoisotopic (exact) mass is 392 g/mol. The predicted octanol–water partition coefficient (Wildman–Crippen LogP) is 2.97. The van der Waals surface area contributed by atoms with Gasteiger partial charge in [0.05, 0.1) is 9.82 Å². The Hall–Kier alpha value is -2.76. The maximum atomic E-state index is 12.3. The summed E-state index contributed by atoms with van der Waals surface area (Å²) in [5, 5.41) is 19.5. The zero-order valence-corrected chi connectivity index (χ0v) is 15.0. The maximum Gasteiger partial charge on any atom is 0.297 e. The van der Waals surface area contributed by atoms with Gasteiger partial charge >= 0.3 is 0 Å². The molecule has 0 bridgehead atoms. The van der Waals surface area contributed by atoms with E-state index in [1.54, 1.807) is 18.3 Å². The van der Waals surface area contributed by atoms with Crippen LogP contribution in [0.15, 0.2) is 53.6 Å². The van der Waals surface area contributed by atoms with Crippen LogP contribution < -0.4 is 0 Å². The molecule has 9 nitrogen and oxygen atoms in total. The minimum absolute atomic E-state index is 0.176. The number of nitro benzene ring substituents is 1. The molecule has 0 spiro atoms. The summed E-state index contributed by atoms with van der Waals surface area (Å²) in [4.78, 5) is 14.0. The zero-order valence-electron chi connectivity index (χ0n) is 13.3. The lowest BCUT2D eigenvalue weighted by Crippen LogP contribution is -2.10. The lowest BCUT2D eigenvalue weighted by Gasteiger charge is -2.10. The third-order valence-corrected chi connectivity index (χ3v) is 5.78. The first-order chi connectivity index (χ1) is 12.4. The normalized spacial score (nSPS) is 12.7. The van der Waals surface area contributed by atoms with Crippen molar-refractivity contribution in [3.8, 4) is 10.7 Å². The molecule has 0 radical (unpaired) electrons. The highest BCUT2D eigenvalue weighted by atomic mass is 32.2. The van der Waals surface area contributed by atoms with E-state index in [4.69, 9.17) is 4.18 Å². The minimum atomic E-state index is -4.10. The molecule has 0 saturated heterocycles. The Balaban J connectivity index is 1.77. The van der Waals surface area contributed by atoms with E-state index >= 15 is 0 Å². The van der Waals surface area contributed by atoms with Crippen molar-refractivity contribution in [2.75, 3.05) is 0 Å². The van der Waals surface area contributed by atoms with E-state index in [9.17, 15) is 18.5 Å². The molecule has 2 heterocycles. The van der Waals surface area contributed by atoms with Gasteiger partial charge in [0.25, 0.3) is 15.8 Å². The van der Waals surface area contributed by atoms with Gasteiger partial charge in [-0.25, -0.2) is 0 Å². The largest absolute Gasteiger partial charge is 0.297 e. The van der Waals surface area contributed by atoms with E-state index in [1.807, 2.05) is 6.07 Å². The van der Waals surface area contributed by atoms with E-state index < -0.39 is 21.1 Å². The summed E-state index contributed by atoms with van der Waals surface area (Å²) >= 11 is 1.17. The molecule has 1 aromatic carbocycles. The highest BCUT2D eigenvalue weighted by Gasteiger charge is 2.24. The van der Waals surface area contributed by atoms with Crippen LogP contribution in [0.3, 0.4) is 0 Å². The second-order valence-electron chi connectivity index (χ2n) is 5.10. The van der Waals surface area contributed by atoms with E-state index in [-0.39, 0.29) is 10.6 Å². The van der Waals surface area contributed by atoms with Crippen LogP contribution in [0.5, 0.6) is 0 Å². The van der Waals surface area contributed by atoms with Crippen molar-refractivity contribution in [2.45, 2.75) is 17.9 Å². The van der Waals surface area contributed by atoms with Crippen LogP contribution >= 0.6 is 11.3 Å². The molecule has 0 N–H and O–H groups in total. The molecule has 0 aliphatic heterocycles. The van der Waals surface area contributed by atoms with Crippen molar-refractivity contribution >= 4 is 27.1 Å². The number of benzene rings is 1. The van der Waals surface area contributed by atoms with Gasteiger partial charge < -0.3 is 0 Å². The summed E-state index contributed by atoms with van der Waals surface area (Å²) in [6, 6.07) is 9.80. The first-order valence-electron chi connectivity index (χ1n) is 7.29. The Morgan fingerprint density at radius 1 is 1.15 bits per heavy atom. The van der Waals surface area contributed by atoms with E-state index in [1.165, 1.54) is 18.3 Å². The van der Waals surface area contributed by atoms with Gasteiger partial charge in [0, 0.05) is 18.3 Å². The van der Waals surface area contributed by atoms with Gasteiger partial charge in [-0.05, 0) is 31.2 Å². The van der Waals surface area contributed by atoms with Gasteiger partial charge in [0.1, 0.15) is 16.8 Å². The van der Waals surface area contributed by atoms with Crippen LogP contribution in [0.4, 0.5) is 5.69 Å². The van der Waals surface area contributed by atoms with Gasteiger partial charge in [-0.3, -0.25) is 19.3 Å². The van der Waals surface area contributed by atoms with E-state index in [0.29, 0.717) is 15.7 Å². The number of pyridine rings is 1. The third-order valence-electron chi connectivity index (χ3n) is 3.28. The van der Waals surface area contributed by atoms with Crippen molar-refractivity contribution < 1.29 is 17.5 Å². The molecule has 0 amide bonds. The van der Waals surface area contributed by atoms with Crippen LogP contribution in [-0.2, 0) is 14.3 Å². The molecule has 0 saturated carbocycles. The molecule has 0 fully saturated rings. The maximum absolute atomic E-state index is 12.3. The number of nitro groups is 1. The van der Waals surface area contributed by atoms with Crippen molar-refractivity contribution in [3.63, 3.8) is 0 Å². The highest BCUT2D eigenvalue weighted by Crippen LogP contribution is 2.29. The summed E-state index contributed by atoms with van der Waals surface area (Å²) in [5.41, 5.74) is 0.419. The second kappa shape index (κ2) is 7.23. The van der Waals surface area contributed by atoms with Gasteiger partial charge in [0.15, 0.2) is 5.01 Å². The number of hydrogen-bond donors (Lipinski definition) is 0. The third kappa shape index (κ3) is 3.90. The summed E-state index contributed by atoms with van der Waals surface area (Å²) < 4.78 is 29.8. The Morgan fingerprint density at radius 2 is 1.88 bits per heavy atom. The van der Waals surface area contributed by atoms with Crippen LogP contribution in [0, 0.1) is 10.1 Å². The topological polar surface area (TPSA) is 125 Å². The number of non-ortho nitro benzene ring substituents is 1. The number of aromatic nitrogens is 3. The van der Waals surface area contributed by atoms with Crippen molar-refractivity contribution in [1.29, 1.82) is 0 Å². The van der Waals surface area contributed by atoms with Crippen LogP contribution in [0.2, 0.25) is 0 Å². The first-order valence-corrected chi connectivity index (χ1v) is 9.52. The Bertz CT molecular complexity index is 1020. The summed E-state index contributed by atoms with van der Waals surface area (Å²) in [6.45, 7) is 1.53. The Labute approximate surface area is 152 Å². The van der Waals surface area contributed by atoms with Crippen molar-refractivity contribution in [3.05, 3.63) is 63.8 Å². The predicted molar refractivity (Wildman–Crippen MR) is 92.9 cm³/mol. The number of rotatable bonds is 6. The zero-order chi connectivity index (χ0) is 18.7. The van der Waals surface area contributed by atoms with E-state index in [2.05, 4.69) is 15.2 Å². The lowest BCUT2D eigenvalue weighted by molar-refractivity contribution is -0.384. The standard InChI is InChI=1S/C15H12N4O5S2/c1-10(14-17-18-15(25-14)13-4-2-3-9-16-13)24-26(22,23)12-7-5-11(6-8-12)19(20)21/h2-10H,1H3. The second-order valence-corrected chi connectivity index (χ2v) is 7.69. The van der Waals surface area contributed by atoms with Gasteiger partial charge in [0.2, 0.25) is 0 Å². The number of hydrogen-bond acceptors (Lipinski definition) is 9. The first kappa shape index (κ1) is 18.0. The summed E-state index contributed by atoms with van der Waals surface area (Å²) in [6.07, 6.45) is 0.750. The number of nitrogens with zero attached hydrogens (tertiary/aromatic N) is 4. The molecular formula is C15H12N4O5S2. The lowest BCUT2D eigenvalue weighted by atomic mass is 10.3. The molecule has 3 aromatic rings. The molecular weight excluding hydrogens is 380 g/mol. The van der Waals surface area contributed by atoms with E-state index in [0.717, 1.165) is 24.3 Å². The molecule has 26 heavy (non-hydrogen) atoms. The van der Waals surface area contributed by atoms with Crippen LogP contribution in [0.25, 0.3) is 10.7 Å². The minimum Gasteiger partial charge on any atom is -0.258 e. The van der Waals surface area contributed by atoms with Crippen LogP contribution in [0.1, 0.15) is 18.0 Å². The summed E-state index contributed by atoms with van der Waals surface area (Å²) in [7, 11) is -4.10. The average molecular weight is 392 g/mol. The Kier molecular flexibility index (Phi) is 5.02. The average Bonchev–Trinajstić information content (AvgIpc) is 3.12. The molecule has 0 aliphatic rings. The Morgan fingerprint density at radius 3 is 2.50 bits per heavy atom. The fourth-order valence-corrected chi connectivity index (χ4v) is 3.93. The van der Waals surface area contributed by atoms with Gasteiger partial charge in [-0.2, -0.15) is 8.42 Å². The highest BCUT2D eigenvalue weighted by molar-refractivity contribution is 7.86. The smallest absolute Gasteiger partial charge is 0.258 e. The molecule has 0 aliphatic carbocycles. The molecule has 2 aromatic heterocycles. The van der Waals surface area contributed by atoms with Gasteiger partial charge in [-0.15, -0.1) is 10.2 Å². The van der Waals surface area contributed by atoms with Crippen molar-refractivity contribution in [1.82, 2.24) is 15.2 Å². The molecule has 1 unspecified atom stereocenters. The molecule has 11 heteroatoms. The SMILES string of the molecule is CC(OS(=O)(=O)c1ccc([N+](=O)[O-])cc1)c1nnc(-c2ccccn2)s1. The fraction of sp³-hybridized carbons (Fsp3) is 0.133. The van der Waals surface area contributed by atoms with Crippen molar-refractivity contribution in [2.24, 2.45) is 0 Å². The molecule has 134 valence electrons. The molecule has 3 rings (SSSR count). The molecule has 1 atom stereocenters. The fourth-order valence-electron chi connectivity index (χ4n) is 2.01. The summed E-state index contributed by atoms with van der Waals surface area (Å²) in [5.74, 6) is 0.